The molecule has 10 heteroatoms. The van der Waals surface area contributed by atoms with Crippen LogP contribution < -0.4 is 10.6 Å². The molecule has 1 atom stereocenters. The van der Waals surface area contributed by atoms with Crippen LogP contribution in [0.15, 0.2) is 42.5 Å². The zero-order chi connectivity index (χ0) is 29.7. The van der Waals surface area contributed by atoms with Gasteiger partial charge >= 0.3 is 12.1 Å². The number of rotatable bonds is 9. The summed E-state index contributed by atoms with van der Waals surface area (Å²) in [6.07, 6.45) is -1.50. The van der Waals surface area contributed by atoms with Crippen molar-refractivity contribution < 1.29 is 37.1 Å². The summed E-state index contributed by atoms with van der Waals surface area (Å²) < 4.78 is 54.4. The SMILES string of the molecule is CC(C)(C)C1CCC(C(Cc2ccc(C(=O)NCCC(=O)O)cc2)C(=O)Nc2cccc(C(F)(F)F)c2F)CC1. The average molecular weight is 565 g/mol. The van der Waals surface area contributed by atoms with Gasteiger partial charge in [0.15, 0.2) is 5.82 Å². The second kappa shape index (κ2) is 12.8. The second-order valence-electron chi connectivity index (χ2n) is 11.5. The Bertz CT molecular complexity index is 1200. The fraction of sp³-hybridized carbons (Fsp3) is 0.500. The number of alkyl halides is 3. The minimum atomic E-state index is -4.89. The highest BCUT2D eigenvalue weighted by Crippen LogP contribution is 2.43. The first-order chi connectivity index (χ1) is 18.7. The van der Waals surface area contributed by atoms with Crippen molar-refractivity contribution in [3.05, 3.63) is 65.0 Å². The van der Waals surface area contributed by atoms with Gasteiger partial charge in [-0.15, -0.1) is 0 Å². The predicted molar refractivity (Wildman–Crippen MR) is 143 cm³/mol. The summed E-state index contributed by atoms with van der Waals surface area (Å²) in [4.78, 5) is 36.4. The fourth-order valence-corrected chi connectivity index (χ4v) is 5.37. The molecule has 1 saturated carbocycles. The first-order valence-corrected chi connectivity index (χ1v) is 13.4. The molecule has 2 aromatic carbocycles. The van der Waals surface area contributed by atoms with Gasteiger partial charge in [-0.25, -0.2) is 4.39 Å². The van der Waals surface area contributed by atoms with Crippen molar-refractivity contribution in [2.75, 3.05) is 11.9 Å². The second-order valence-corrected chi connectivity index (χ2v) is 11.5. The maximum absolute atomic E-state index is 14.7. The Morgan fingerprint density at radius 1 is 0.975 bits per heavy atom. The Labute approximate surface area is 231 Å². The number of halogens is 4. The van der Waals surface area contributed by atoms with Crippen molar-refractivity contribution in [1.29, 1.82) is 0 Å². The monoisotopic (exact) mass is 564 g/mol. The van der Waals surface area contributed by atoms with Crippen LogP contribution >= 0.6 is 0 Å². The summed E-state index contributed by atoms with van der Waals surface area (Å²) in [5, 5.41) is 13.7. The van der Waals surface area contributed by atoms with Crippen LogP contribution in [0.4, 0.5) is 23.2 Å². The Hall–Kier alpha value is -3.43. The molecule has 2 aromatic rings. The number of hydrogen-bond donors (Lipinski definition) is 3. The van der Waals surface area contributed by atoms with Gasteiger partial charge in [-0.2, -0.15) is 13.2 Å². The predicted octanol–water partition coefficient (Wildman–Crippen LogP) is 6.70. The summed E-state index contributed by atoms with van der Waals surface area (Å²) >= 11 is 0. The Balaban J connectivity index is 1.80. The number of aliphatic carboxylic acids is 1. The van der Waals surface area contributed by atoms with E-state index in [1.165, 1.54) is 0 Å². The van der Waals surface area contributed by atoms with E-state index in [-0.39, 0.29) is 30.7 Å². The van der Waals surface area contributed by atoms with Crippen molar-refractivity contribution >= 4 is 23.5 Å². The highest BCUT2D eigenvalue weighted by atomic mass is 19.4. The quantitative estimate of drug-likeness (QED) is 0.296. The van der Waals surface area contributed by atoms with Crippen LogP contribution in [0, 0.1) is 29.0 Å². The zero-order valence-electron chi connectivity index (χ0n) is 22.9. The molecule has 0 heterocycles. The number of nitrogens with one attached hydrogen (secondary N) is 2. The molecule has 0 aromatic heterocycles. The van der Waals surface area contributed by atoms with Crippen LogP contribution in [0.5, 0.6) is 0 Å². The Morgan fingerprint density at radius 2 is 1.60 bits per heavy atom. The molecular formula is C30H36F4N2O4. The van der Waals surface area contributed by atoms with E-state index >= 15 is 0 Å². The number of carbonyl (C=O) groups excluding carboxylic acids is 2. The number of carboxylic acids is 1. The van der Waals surface area contributed by atoms with Crippen LogP contribution in [-0.4, -0.2) is 29.4 Å². The Kier molecular flexibility index (Phi) is 9.97. The van der Waals surface area contributed by atoms with Gasteiger partial charge in [0, 0.05) is 18.0 Å². The third-order valence-electron chi connectivity index (χ3n) is 7.76. The van der Waals surface area contributed by atoms with Gasteiger partial charge in [0.1, 0.15) is 0 Å². The van der Waals surface area contributed by atoms with Crippen molar-refractivity contribution in [3.63, 3.8) is 0 Å². The normalized spacial score (nSPS) is 18.6. The maximum atomic E-state index is 14.7. The molecule has 0 radical (unpaired) electrons. The van der Waals surface area contributed by atoms with Crippen LogP contribution in [0.2, 0.25) is 0 Å². The lowest BCUT2D eigenvalue weighted by Crippen LogP contribution is -2.35. The molecular weight excluding hydrogens is 528 g/mol. The molecule has 3 N–H and O–H groups in total. The van der Waals surface area contributed by atoms with Gasteiger partial charge in [0.2, 0.25) is 5.91 Å². The lowest BCUT2D eigenvalue weighted by atomic mass is 9.66. The van der Waals surface area contributed by atoms with E-state index in [0.29, 0.717) is 17.5 Å². The van der Waals surface area contributed by atoms with E-state index in [1.54, 1.807) is 24.3 Å². The van der Waals surface area contributed by atoms with Gasteiger partial charge in [0.05, 0.1) is 17.7 Å². The van der Waals surface area contributed by atoms with Gasteiger partial charge < -0.3 is 15.7 Å². The summed E-state index contributed by atoms with van der Waals surface area (Å²) in [6, 6.07) is 9.34. The number of carboxylic acid groups (broad SMARTS) is 1. The number of carbonyl (C=O) groups is 3. The highest BCUT2D eigenvalue weighted by molar-refractivity contribution is 5.95. The van der Waals surface area contributed by atoms with E-state index in [9.17, 15) is 31.9 Å². The van der Waals surface area contributed by atoms with Crippen molar-refractivity contribution in [3.8, 4) is 0 Å². The summed E-state index contributed by atoms with van der Waals surface area (Å²) in [5.74, 6) is -3.71. The van der Waals surface area contributed by atoms with E-state index in [4.69, 9.17) is 5.11 Å². The molecule has 6 nitrogen and oxygen atoms in total. The first kappa shape index (κ1) is 31.1. The smallest absolute Gasteiger partial charge is 0.419 e. The van der Waals surface area contributed by atoms with E-state index in [1.807, 2.05) is 0 Å². The van der Waals surface area contributed by atoms with Gasteiger partial charge in [0.25, 0.3) is 5.91 Å². The van der Waals surface area contributed by atoms with Crippen LogP contribution in [-0.2, 0) is 22.2 Å². The van der Waals surface area contributed by atoms with E-state index in [2.05, 4.69) is 31.4 Å². The average Bonchev–Trinajstić information content (AvgIpc) is 2.87. The first-order valence-electron chi connectivity index (χ1n) is 13.4. The van der Waals surface area contributed by atoms with Crippen LogP contribution in [0.3, 0.4) is 0 Å². The third kappa shape index (κ3) is 8.29. The number of benzene rings is 2. The van der Waals surface area contributed by atoms with Crippen LogP contribution in [0.25, 0.3) is 0 Å². The molecule has 2 amide bonds. The molecule has 0 saturated heterocycles. The fourth-order valence-electron chi connectivity index (χ4n) is 5.37. The molecule has 218 valence electrons. The molecule has 1 aliphatic carbocycles. The lowest BCUT2D eigenvalue weighted by Gasteiger charge is -2.39. The minimum absolute atomic E-state index is 0.0124. The zero-order valence-corrected chi connectivity index (χ0v) is 22.9. The number of amides is 2. The Morgan fingerprint density at radius 3 is 2.15 bits per heavy atom. The number of anilines is 1. The van der Waals surface area contributed by atoms with Crippen molar-refractivity contribution in [2.24, 2.45) is 23.2 Å². The van der Waals surface area contributed by atoms with Crippen LogP contribution in [0.1, 0.15) is 74.4 Å². The van der Waals surface area contributed by atoms with Gasteiger partial charge in [-0.1, -0.05) is 39.0 Å². The lowest BCUT2D eigenvalue weighted by molar-refractivity contribution is -0.140. The molecule has 40 heavy (non-hydrogen) atoms. The van der Waals surface area contributed by atoms with E-state index in [0.717, 1.165) is 43.4 Å². The molecule has 1 aliphatic rings. The summed E-state index contributed by atoms with van der Waals surface area (Å²) in [7, 11) is 0. The molecule has 1 unspecified atom stereocenters. The summed E-state index contributed by atoms with van der Waals surface area (Å²) in [5.41, 5.74) is -0.770. The minimum Gasteiger partial charge on any atom is -0.481 e. The van der Waals surface area contributed by atoms with Gasteiger partial charge in [-0.05, 0) is 79.2 Å². The topological polar surface area (TPSA) is 95.5 Å². The molecule has 3 rings (SSSR count). The number of hydrogen-bond acceptors (Lipinski definition) is 3. The molecule has 0 spiro atoms. The van der Waals surface area contributed by atoms with Crippen molar-refractivity contribution in [2.45, 2.75) is 65.5 Å². The standard InChI is InChI=1S/C30H36F4N2O4/c1-29(2,3)21-13-11-19(12-14-21)22(28(40)36-24-6-4-5-23(26(24)31)30(32,33)34)17-18-7-9-20(10-8-18)27(39)35-16-15-25(37)38/h4-10,19,21-22H,11-17H2,1-3H3,(H,35,39)(H,36,40)(H,37,38). The third-order valence-corrected chi connectivity index (χ3v) is 7.76. The summed E-state index contributed by atoms with van der Waals surface area (Å²) in [6.45, 7) is 6.52. The van der Waals surface area contributed by atoms with Crippen molar-refractivity contribution in [1.82, 2.24) is 5.32 Å². The molecule has 1 fully saturated rings. The molecule has 0 aliphatic heterocycles. The van der Waals surface area contributed by atoms with Gasteiger partial charge in [-0.3, -0.25) is 14.4 Å². The maximum Gasteiger partial charge on any atom is 0.419 e. The molecule has 0 bridgehead atoms. The van der Waals surface area contributed by atoms with E-state index < -0.39 is 46.9 Å². The highest BCUT2D eigenvalue weighted by Gasteiger charge is 2.38. The largest absolute Gasteiger partial charge is 0.481 e.